The number of carbonyl (C=O) groups is 1. The fraction of sp³-hybridized carbons (Fsp3) is 0.250. The Labute approximate surface area is 113 Å². The van der Waals surface area contributed by atoms with E-state index in [2.05, 4.69) is 10.2 Å². The molecule has 2 aromatic rings. The van der Waals surface area contributed by atoms with Gasteiger partial charge >= 0.3 is 5.97 Å². The molecule has 100 valence electrons. The molecule has 19 heavy (non-hydrogen) atoms. The molecule has 0 unspecified atom stereocenters. The molecule has 0 amide bonds. The van der Waals surface area contributed by atoms with E-state index in [1.807, 2.05) is 6.92 Å². The number of aliphatic carboxylic acids is 1. The van der Waals surface area contributed by atoms with Crippen molar-refractivity contribution in [3.63, 3.8) is 0 Å². The largest absolute Gasteiger partial charge is 0.481 e. The molecule has 5 nitrogen and oxygen atoms in total. The number of carboxylic acid groups (broad SMARTS) is 1. The van der Waals surface area contributed by atoms with Gasteiger partial charge in [0.1, 0.15) is 5.82 Å². The molecule has 2 rings (SSSR count). The molecule has 1 heterocycles. The highest BCUT2D eigenvalue weighted by Gasteiger charge is 2.14. The lowest BCUT2D eigenvalue weighted by molar-refractivity contribution is -0.133. The summed E-state index contributed by atoms with van der Waals surface area (Å²) in [4.78, 5) is 10.6. The maximum absolute atomic E-state index is 13.2. The first-order valence-corrected chi connectivity index (χ1v) is 6.64. The summed E-state index contributed by atoms with van der Waals surface area (Å²) in [5, 5.41) is 17.2. The summed E-state index contributed by atoms with van der Waals surface area (Å²) in [6, 6.07) is 6.08. The van der Waals surface area contributed by atoms with Crippen LogP contribution in [-0.2, 0) is 11.3 Å². The number of nitrogens with zero attached hydrogens (tertiary/aromatic N) is 3. The number of hydrogen-bond donors (Lipinski definition) is 1. The van der Waals surface area contributed by atoms with Gasteiger partial charge in [-0.25, -0.2) is 4.39 Å². The molecule has 0 fully saturated rings. The smallest absolute Gasteiger partial charge is 0.313 e. The predicted molar refractivity (Wildman–Crippen MR) is 69.4 cm³/mol. The molecule has 0 saturated carbocycles. The number of benzene rings is 1. The Balaban J connectivity index is 2.34. The molecule has 1 aromatic heterocycles. The lowest BCUT2D eigenvalue weighted by atomic mass is 10.2. The molecule has 0 aliphatic rings. The first-order valence-electron chi connectivity index (χ1n) is 5.65. The number of hydrogen-bond acceptors (Lipinski definition) is 4. The highest BCUT2D eigenvalue weighted by Crippen LogP contribution is 2.24. The van der Waals surface area contributed by atoms with Crippen LogP contribution >= 0.6 is 11.8 Å². The van der Waals surface area contributed by atoms with Crippen LogP contribution in [0.3, 0.4) is 0 Å². The topological polar surface area (TPSA) is 68.0 Å². The van der Waals surface area contributed by atoms with E-state index in [4.69, 9.17) is 5.11 Å². The van der Waals surface area contributed by atoms with Gasteiger partial charge in [-0.1, -0.05) is 23.9 Å². The standard InChI is InChI=1S/C12H12FN3O2S/c1-2-16-11(8-4-3-5-9(13)6-8)14-15-12(16)19-7-10(17)18/h3-6H,2,7H2,1H3,(H,17,18). The monoisotopic (exact) mass is 281 g/mol. The lowest BCUT2D eigenvalue weighted by Crippen LogP contribution is -2.03. The Morgan fingerprint density at radius 2 is 2.26 bits per heavy atom. The Bertz CT molecular complexity index is 600. The third-order valence-corrected chi connectivity index (χ3v) is 3.39. The molecule has 0 aliphatic heterocycles. The van der Waals surface area contributed by atoms with E-state index >= 15 is 0 Å². The number of halogens is 1. The van der Waals surface area contributed by atoms with Crippen LogP contribution in [-0.4, -0.2) is 31.6 Å². The first-order chi connectivity index (χ1) is 9.11. The van der Waals surface area contributed by atoms with Gasteiger partial charge in [0, 0.05) is 12.1 Å². The minimum atomic E-state index is -0.914. The number of thioether (sulfide) groups is 1. The van der Waals surface area contributed by atoms with Gasteiger partial charge in [-0.3, -0.25) is 4.79 Å². The molecule has 1 N–H and O–H groups in total. The van der Waals surface area contributed by atoms with Gasteiger partial charge in [-0.15, -0.1) is 10.2 Å². The average Bonchev–Trinajstić information content (AvgIpc) is 2.79. The van der Waals surface area contributed by atoms with E-state index < -0.39 is 5.97 Å². The van der Waals surface area contributed by atoms with Crippen molar-refractivity contribution in [2.24, 2.45) is 0 Å². The summed E-state index contributed by atoms with van der Waals surface area (Å²) in [6.07, 6.45) is 0. The Morgan fingerprint density at radius 1 is 1.47 bits per heavy atom. The Hall–Kier alpha value is -1.89. The van der Waals surface area contributed by atoms with Crippen molar-refractivity contribution in [2.75, 3.05) is 5.75 Å². The quantitative estimate of drug-likeness (QED) is 0.852. The first kappa shape index (κ1) is 13.5. The highest BCUT2D eigenvalue weighted by molar-refractivity contribution is 7.99. The fourth-order valence-electron chi connectivity index (χ4n) is 1.65. The SMILES string of the molecule is CCn1c(SCC(=O)O)nnc1-c1cccc(F)c1. The van der Waals surface area contributed by atoms with E-state index in [0.717, 1.165) is 11.8 Å². The van der Waals surface area contributed by atoms with E-state index in [-0.39, 0.29) is 11.6 Å². The molecule has 0 atom stereocenters. The van der Waals surface area contributed by atoms with Crippen LogP contribution in [0.2, 0.25) is 0 Å². The van der Waals surface area contributed by atoms with E-state index in [9.17, 15) is 9.18 Å². The molecule has 1 aromatic carbocycles. The third kappa shape index (κ3) is 3.11. The molecule has 0 spiro atoms. The third-order valence-electron chi connectivity index (χ3n) is 2.44. The van der Waals surface area contributed by atoms with Gasteiger partial charge in [0.25, 0.3) is 0 Å². The summed E-state index contributed by atoms with van der Waals surface area (Å²) in [6.45, 7) is 2.48. The fourth-order valence-corrected chi connectivity index (χ4v) is 2.37. The molecule has 0 bridgehead atoms. The van der Waals surface area contributed by atoms with Crippen LogP contribution in [0.1, 0.15) is 6.92 Å². The van der Waals surface area contributed by atoms with Crippen molar-refractivity contribution in [1.29, 1.82) is 0 Å². The van der Waals surface area contributed by atoms with Gasteiger partial charge in [0.2, 0.25) is 0 Å². The average molecular weight is 281 g/mol. The van der Waals surface area contributed by atoms with Gasteiger partial charge in [0.05, 0.1) is 5.75 Å². The zero-order chi connectivity index (χ0) is 13.8. The number of aromatic nitrogens is 3. The van der Waals surface area contributed by atoms with Crippen LogP contribution in [0.4, 0.5) is 4.39 Å². The zero-order valence-corrected chi connectivity index (χ0v) is 11.0. The summed E-state index contributed by atoms with van der Waals surface area (Å²) in [5.41, 5.74) is 0.622. The second-order valence-electron chi connectivity index (χ2n) is 3.74. The summed E-state index contributed by atoms with van der Waals surface area (Å²) in [7, 11) is 0. The Kier molecular flexibility index (Phi) is 4.16. The van der Waals surface area contributed by atoms with Gasteiger partial charge in [-0.2, -0.15) is 0 Å². The van der Waals surface area contributed by atoms with E-state index in [1.54, 1.807) is 16.7 Å². The molecule has 0 saturated heterocycles. The maximum atomic E-state index is 13.2. The minimum Gasteiger partial charge on any atom is -0.481 e. The van der Waals surface area contributed by atoms with Crippen LogP contribution in [0.15, 0.2) is 29.4 Å². The summed E-state index contributed by atoms with van der Waals surface area (Å²) in [5.74, 6) is -0.804. The minimum absolute atomic E-state index is 0.0821. The van der Waals surface area contributed by atoms with Crippen molar-refractivity contribution < 1.29 is 14.3 Å². The molecular formula is C12H12FN3O2S. The van der Waals surface area contributed by atoms with Crippen LogP contribution in [0.25, 0.3) is 11.4 Å². The van der Waals surface area contributed by atoms with Crippen molar-refractivity contribution in [3.8, 4) is 11.4 Å². The maximum Gasteiger partial charge on any atom is 0.313 e. The summed E-state index contributed by atoms with van der Waals surface area (Å²) >= 11 is 1.10. The predicted octanol–water partition coefficient (Wildman–Crippen LogP) is 2.28. The normalized spacial score (nSPS) is 10.6. The number of carboxylic acids is 1. The highest BCUT2D eigenvalue weighted by atomic mass is 32.2. The van der Waals surface area contributed by atoms with Gasteiger partial charge in [-0.05, 0) is 19.1 Å². The number of rotatable bonds is 5. The summed E-state index contributed by atoms with van der Waals surface area (Å²) < 4.78 is 15.0. The molecular weight excluding hydrogens is 269 g/mol. The molecule has 0 aliphatic carbocycles. The lowest BCUT2D eigenvalue weighted by Gasteiger charge is -2.06. The van der Waals surface area contributed by atoms with Gasteiger partial charge in [0.15, 0.2) is 11.0 Å². The van der Waals surface area contributed by atoms with Crippen LogP contribution in [0, 0.1) is 5.82 Å². The van der Waals surface area contributed by atoms with E-state index in [1.165, 1.54) is 12.1 Å². The van der Waals surface area contributed by atoms with Gasteiger partial charge < -0.3 is 9.67 Å². The van der Waals surface area contributed by atoms with Crippen molar-refractivity contribution in [1.82, 2.24) is 14.8 Å². The van der Waals surface area contributed by atoms with Crippen LogP contribution < -0.4 is 0 Å². The van der Waals surface area contributed by atoms with Crippen molar-refractivity contribution in [2.45, 2.75) is 18.6 Å². The Morgan fingerprint density at radius 3 is 2.89 bits per heavy atom. The second kappa shape index (κ2) is 5.83. The molecule has 7 heteroatoms. The van der Waals surface area contributed by atoms with Crippen molar-refractivity contribution >= 4 is 17.7 Å². The van der Waals surface area contributed by atoms with Crippen LogP contribution in [0.5, 0.6) is 0 Å². The second-order valence-corrected chi connectivity index (χ2v) is 4.69. The van der Waals surface area contributed by atoms with Crippen molar-refractivity contribution in [3.05, 3.63) is 30.1 Å². The van der Waals surface area contributed by atoms with E-state index in [0.29, 0.717) is 23.1 Å². The molecule has 0 radical (unpaired) electrons. The zero-order valence-electron chi connectivity index (χ0n) is 10.2.